The van der Waals surface area contributed by atoms with E-state index in [0.717, 1.165) is 16.0 Å². The third-order valence-corrected chi connectivity index (χ3v) is 2.60. The average Bonchev–Trinajstić information content (AvgIpc) is 2.11. The maximum absolute atomic E-state index is 11.0. The number of hydrogen-bond acceptors (Lipinski definition) is 2. The Balaban J connectivity index is 2.79. The Labute approximate surface area is 88.5 Å². The molecule has 0 fully saturated rings. The first kappa shape index (κ1) is 10.6. The average molecular weight is 215 g/mol. The monoisotopic (exact) mass is 214 g/mol. The summed E-state index contributed by atoms with van der Waals surface area (Å²) >= 11 is 9.68. The summed E-state index contributed by atoms with van der Waals surface area (Å²) in [7, 11) is 0. The molecule has 0 N–H and O–H groups in total. The molecule has 0 bridgehead atoms. The molecule has 1 rings (SSSR count). The number of benzene rings is 1. The topological polar surface area (TPSA) is 17.1 Å². The second kappa shape index (κ2) is 4.68. The van der Waals surface area contributed by atoms with Crippen molar-refractivity contribution < 1.29 is 4.79 Å². The fourth-order valence-corrected chi connectivity index (χ4v) is 1.37. The van der Waals surface area contributed by atoms with Crippen LogP contribution in [0.4, 0.5) is 0 Å². The maximum Gasteiger partial charge on any atom is 0.151 e. The molecule has 0 aliphatic carbocycles. The molecule has 0 aliphatic heterocycles. The summed E-state index contributed by atoms with van der Waals surface area (Å²) in [6.07, 6.45) is 0.400. The first-order valence-corrected chi connectivity index (χ1v) is 4.98. The van der Waals surface area contributed by atoms with Crippen LogP contribution in [0.25, 0.3) is 0 Å². The first-order chi connectivity index (χ1) is 6.13. The van der Waals surface area contributed by atoms with E-state index in [1.54, 1.807) is 0 Å². The molecular weight excluding hydrogens is 204 g/mol. The van der Waals surface area contributed by atoms with Crippen molar-refractivity contribution in [2.45, 2.75) is 18.2 Å². The van der Waals surface area contributed by atoms with E-state index in [4.69, 9.17) is 11.6 Å². The standard InChI is InChI=1S/C10H11ClOS/c1-7-2-3-8(5-10(7)13)4-9(12)6-11/h2-3,5,13H,4,6H2,1H3. The van der Waals surface area contributed by atoms with Crippen LogP contribution in [-0.4, -0.2) is 11.7 Å². The lowest BCUT2D eigenvalue weighted by atomic mass is 10.1. The van der Waals surface area contributed by atoms with E-state index in [1.807, 2.05) is 25.1 Å². The predicted octanol–water partition coefficient (Wildman–Crippen LogP) is 2.63. The highest BCUT2D eigenvalue weighted by Gasteiger charge is 2.02. The van der Waals surface area contributed by atoms with Crippen molar-refractivity contribution in [3.05, 3.63) is 29.3 Å². The molecule has 3 heteroatoms. The zero-order valence-corrected chi connectivity index (χ0v) is 9.03. The lowest BCUT2D eigenvalue weighted by Gasteiger charge is -2.02. The summed E-state index contributed by atoms with van der Waals surface area (Å²) in [4.78, 5) is 11.9. The fraction of sp³-hybridized carbons (Fsp3) is 0.300. The van der Waals surface area contributed by atoms with Crippen LogP contribution in [0.15, 0.2) is 23.1 Å². The summed E-state index contributed by atoms with van der Waals surface area (Å²) in [5.41, 5.74) is 2.09. The van der Waals surface area contributed by atoms with E-state index in [0.29, 0.717) is 6.42 Å². The minimum atomic E-state index is 0.0400. The van der Waals surface area contributed by atoms with Gasteiger partial charge in [-0.3, -0.25) is 4.79 Å². The number of halogens is 1. The lowest BCUT2D eigenvalue weighted by Crippen LogP contribution is -2.03. The van der Waals surface area contributed by atoms with E-state index >= 15 is 0 Å². The van der Waals surface area contributed by atoms with Crippen molar-refractivity contribution >= 4 is 30.0 Å². The van der Waals surface area contributed by atoms with Gasteiger partial charge < -0.3 is 0 Å². The maximum atomic E-state index is 11.0. The minimum Gasteiger partial charge on any atom is -0.298 e. The second-order valence-electron chi connectivity index (χ2n) is 2.97. The number of ketones is 1. The van der Waals surface area contributed by atoms with E-state index in [9.17, 15) is 4.79 Å². The van der Waals surface area contributed by atoms with Gasteiger partial charge in [-0.2, -0.15) is 0 Å². The summed E-state index contributed by atoms with van der Waals surface area (Å²) < 4.78 is 0. The molecule has 0 radical (unpaired) electrons. The molecule has 0 aromatic heterocycles. The highest BCUT2D eigenvalue weighted by Crippen LogP contribution is 2.15. The van der Waals surface area contributed by atoms with Gasteiger partial charge in [-0.15, -0.1) is 24.2 Å². The molecule has 1 aromatic rings. The Hall–Kier alpha value is -0.470. The molecule has 0 saturated heterocycles. The normalized spacial score (nSPS) is 10.1. The van der Waals surface area contributed by atoms with Gasteiger partial charge in [0.2, 0.25) is 0 Å². The van der Waals surface area contributed by atoms with E-state index in [2.05, 4.69) is 12.6 Å². The molecule has 0 amide bonds. The third kappa shape index (κ3) is 3.05. The zero-order chi connectivity index (χ0) is 9.84. The van der Waals surface area contributed by atoms with E-state index in [1.165, 1.54) is 0 Å². The van der Waals surface area contributed by atoms with Gasteiger partial charge in [-0.25, -0.2) is 0 Å². The Kier molecular flexibility index (Phi) is 3.82. The second-order valence-corrected chi connectivity index (χ2v) is 3.72. The van der Waals surface area contributed by atoms with Gasteiger partial charge in [0.05, 0.1) is 5.88 Å². The molecule has 1 nitrogen and oxygen atoms in total. The van der Waals surface area contributed by atoms with Crippen molar-refractivity contribution in [1.82, 2.24) is 0 Å². The summed E-state index contributed by atoms with van der Waals surface area (Å²) in [5, 5.41) is 0. The van der Waals surface area contributed by atoms with Crippen molar-refractivity contribution in [1.29, 1.82) is 0 Å². The van der Waals surface area contributed by atoms with Gasteiger partial charge in [0, 0.05) is 11.3 Å². The van der Waals surface area contributed by atoms with Crippen LogP contribution >= 0.6 is 24.2 Å². The van der Waals surface area contributed by atoms with Gasteiger partial charge in [-0.05, 0) is 24.1 Å². The number of hydrogen-bond donors (Lipinski definition) is 1. The van der Waals surface area contributed by atoms with Gasteiger partial charge in [0.1, 0.15) is 0 Å². The molecule has 0 saturated carbocycles. The minimum absolute atomic E-state index is 0.0400. The Morgan fingerprint density at radius 3 is 2.77 bits per heavy atom. The molecule has 1 aromatic carbocycles. The third-order valence-electron chi connectivity index (χ3n) is 1.82. The lowest BCUT2D eigenvalue weighted by molar-refractivity contribution is -0.116. The van der Waals surface area contributed by atoms with Crippen LogP contribution in [0, 0.1) is 6.92 Å². The summed E-state index contributed by atoms with van der Waals surface area (Å²) in [5.74, 6) is 0.119. The van der Waals surface area contributed by atoms with Crippen LogP contribution in [0.1, 0.15) is 11.1 Å². The van der Waals surface area contributed by atoms with Crippen LogP contribution < -0.4 is 0 Å². The molecule has 0 aliphatic rings. The molecular formula is C10H11ClOS. The molecule has 0 atom stereocenters. The molecule has 13 heavy (non-hydrogen) atoms. The Morgan fingerprint density at radius 1 is 1.54 bits per heavy atom. The quantitative estimate of drug-likeness (QED) is 0.605. The molecule has 70 valence electrons. The van der Waals surface area contributed by atoms with Crippen LogP contribution in [-0.2, 0) is 11.2 Å². The van der Waals surface area contributed by atoms with Gasteiger partial charge in [-0.1, -0.05) is 12.1 Å². The van der Waals surface area contributed by atoms with Gasteiger partial charge in [0.25, 0.3) is 0 Å². The van der Waals surface area contributed by atoms with Crippen molar-refractivity contribution in [2.75, 3.05) is 5.88 Å². The van der Waals surface area contributed by atoms with Crippen LogP contribution in [0.5, 0.6) is 0 Å². The number of carbonyl (C=O) groups excluding carboxylic acids is 1. The molecule has 0 heterocycles. The van der Waals surface area contributed by atoms with Gasteiger partial charge >= 0.3 is 0 Å². The molecule has 0 spiro atoms. The van der Waals surface area contributed by atoms with E-state index < -0.39 is 0 Å². The van der Waals surface area contributed by atoms with E-state index in [-0.39, 0.29) is 11.7 Å². The zero-order valence-electron chi connectivity index (χ0n) is 7.38. The number of thiol groups is 1. The van der Waals surface area contributed by atoms with Crippen LogP contribution in [0.3, 0.4) is 0 Å². The SMILES string of the molecule is Cc1ccc(CC(=O)CCl)cc1S. The summed E-state index contributed by atoms with van der Waals surface area (Å²) in [6, 6.07) is 5.79. The summed E-state index contributed by atoms with van der Waals surface area (Å²) in [6.45, 7) is 1.98. The fourth-order valence-electron chi connectivity index (χ4n) is 1.04. The predicted molar refractivity (Wildman–Crippen MR) is 57.9 cm³/mol. The number of aryl methyl sites for hydroxylation is 1. The number of rotatable bonds is 3. The van der Waals surface area contributed by atoms with Gasteiger partial charge in [0.15, 0.2) is 5.78 Å². The highest BCUT2D eigenvalue weighted by molar-refractivity contribution is 7.80. The smallest absolute Gasteiger partial charge is 0.151 e. The number of Topliss-reactive ketones (excluding diaryl/α,β-unsaturated/α-hetero) is 1. The Bertz CT molecular complexity index is 323. The van der Waals surface area contributed by atoms with Crippen LogP contribution in [0.2, 0.25) is 0 Å². The highest BCUT2D eigenvalue weighted by atomic mass is 35.5. The number of carbonyl (C=O) groups is 1. The van der Waals surface area contributed by atoms with Crippen molar-refractivity contribution in [3.63, 3.8) is 0 Å². The largest absolute Gasteiger partial charge is 0.298 e. The van der Waals surface area contributed by atoms with Crippen molar-refractivity contribution in [2.24, 2.45) is 0 Å². The number of alkyl halides is 1. The van der Waals surface area contributed by atoms with Crippen molar-refractivity contribution in [3.8, 4) is 0 Å². The first-order valence-electron chi connectivity index (χ1n) is 3.99. The molecule has 0 unspecified atom stereocenters. The Morgan fingerprint density at radius 2 is 2.23 bits per heavy atom.